The predicted octanol–water partition coefficient (Wildman–Crippen LogP) is 3.71. The van der Waals surface area contributed by atoms with Gasteiger partial charge in [0.1, 0.15) is 0 Å². The van der Waals surface area contributed by atoms with Crippen molar-refractivity contribution in [2.24, 2.45) is 0 Å². The van der Waals surface area contributed by atoms with E-state index in [0.717, 1.165) is 31.2 Å². The number of rotatable bonds is 7. The van der Waals surface area contributed by atoms with E-state index in [0.29, 0.717) is 0 Å². The summed E-state index contributed by atoms with van der Waals surface area (Å²) in [6.45, 7) is 6.25. The fourth-order valence-corrected chi connectivity index (χ4v) is 2.62. The highest BCUT2D eigenvalue weighted by Crippen LogP contribution is 2.12. The van der Waals surface area contributed by atoms with E-state index in [-0.39, 0.29) is 0 Å². The van der Waals surface area contributed by atoms with Crippen molar-refractivity contribution >= 4 is 17.3 Å². The van der Waals surface area contributed by atoms with Gasteiger partial charge in [-0.3, -0.25) is 0 Å². The number of imidazole rings is 1. The van der Waals surface area contributed by atoms with Gasteiger partial charge in [-0.15, -0.1) is 0 Å². The molecule has 0 unspecified atom stereocenters. The second kappa shape index (κ2) is 6.59. The van der Waals surface area contributed by atoms with E-state index < -0.39 is 0 Å². The minimum absolute atomic E-state index is 0.992. The van der Waals surface area contributed by atoms with E-state index in [2.05, 4.69) is 44.8 Å². The van der Waals surface area contributed by atoms with Crippen molar-refractivity contribution < 1.29 is 0 Å². The molecular weight excluding hydrogens is 242 g/mol. The van der Waals surface area contributed by atoms with Gasteiger partial charge in [0, 0.05) is 19.3 Å². The molecule has 0 aliphatic rings. The Kier molecular flexibility index (Phi) is 4.81. The van der Waals surface area contributed by atoms with E-state index in [9.17, 15) is 0 Å². The van der Waals surface area contributed by atoms with Gasteiger partial charge in [-0.25, -0.2) is 4.98 Å². The third-order valence-electron chi connectivity index (χ3n) is 2.93. The highest BCUT2D eigenvalue weighted by atomic mass is 32.1. The van der Waals surface area contributed by atoms with E-state index in [4.69, 9.17) is 0 Å². The van der Waals surface area contributed by atoms with Gasteiger partial charge in [-0.1, -0.05) is 13.3 Å². The summed E-state index contributed by atoms with van der Waals surface area (Å²) in [4.78, 5) is 4.54. The Hall–Kier alpha value is -1.29. The molecule has 0 spiro atoms. The number of nitrogens with zero attached hydrogens (tertiary/aromatic N) is 2. The van der Waals surface area contributed by atoms with Crippen molar-refractivity contribution in [1.82, 2.24) is 9.55 Å². The summed E-state index contributed by atoms with van der Waals surface area (Å²) in [6, 6.07) is 2.19. The zero-order valence-electron chi connectivity index (χ0n) is 11.1. The number of thiophene rings is 1. The zero-order valence-corrected chi connectivity index (χ0v) is 12.0. The summed E-state index contributed by atoms with van der Waals surface area (Å²) >= 11 is 1.76. The van der Waals surface area contributed by atoms with Crippen LogP contribution in [0.2, 0.25) is 0 Å². The Morgan fingerprint density at radius 2 is 2.33 bits per heavy atom. The standard InChI is InChI=1S/C14H21N3S/c1-3-4-7-15-14-16-12(2)10-17(14)8-5-13-6-9-18-11-13/h6,9-11H,3-5,7-8H2,1-2H3,(H,15,16). The Morgan fingerprint density at radius 1 is 1.44 bits per heavy atom. The summed E-state index contributed by atoms with van der Waals surface area (Å²) in [7, 11) is 0. The Bertz CT molecular complexity index is 459. The van der Waals surface area contributed by atoms with Crippen molar-refractivity contribution in [1.29, 1.82) is 0 Å². The number of hydrogen-bond donors (Lipinski definition) is 1. The lowest BCUT2D eigenvalue weighted by Crippen LogP contribution is -2.09. The largest absolute Gasteiger partial charge is 0.356 e. The first kappa shape index (κ1) is 13.1. The van der Waals surface area contributed by atoms with Gasteiger partial charge in [0.05, 0.1) is 5.69 Å². The number of nitrogens with one attached hydrogen (secondary N) is 1. The molecule has 1 N–H and O–H groups in total. The van der Waals surface area contributed by atoms with E-state index >= 15 is 0 Å². The van der Waals surface area contributed by atoms with Gasteiger partial charge in [-0.05, 0) is 42.2 Å². The molecule has 0 bridgehead atoms. The third kappa shape index (κ3) is 3.60. The summed E-state index contributed by atoms with van der Waals surface area (Å²) in [5, 5.41) is 7.77. The molecule has 18 heavy (non-hydrogen) atoms. The first-order valence-corrected chi connectivity index (χ1v) is 7.52. The lowest BCUT2D eigenvalue weighted by molar-refractivity contribution is 0.696. The first-order chi connectivity index (χ1) is 8.79. The Morgan fingerprint density at radius 3 is 3.06 bits per heavy atom. The number of aromatic nitrogens is 2. The van der Waals surface area contributed by atoms with Crippen LogP contribution in [0.25, 0.3) is 0 Å². The van der Waals surface area contributed by atoms with Crippen molar-refractivity contribution in [2.75, 3.05) is 11.9 Å². The molecule has 3 nitrogen and oxygen atoms in total. The van der Waals surface area contributed by atoms with Crippen molar-refractivity contribution in [3.05, 3.63) is 34.3 Å². The highest BCUT2D eigenvalue weighted by molar-refractivity contribution is 7.07. The molecule has 4 heteroatoms. The summed E-state index contributed by atoms with van der Waals surface area (Å²) < 4.78 is 2.22. The van der Waals surface area contributed by atoms with Gasteiger partial charge in [-0.2, -0.15) is 11.3 Å². The van der Waals surface area contributed by atoms with Gasteiger partial charge in [0.15, 0.2) is 0 Å². The number of unbranched alkanes of at least 4 members (excludes halogenated alkanes) is 1. The number of hydrogen-bond acceptors (Lipinski definition) is 3. The summed E-state index contributed by atoms with van der Waals surface area (Å²) in [5.41, 5.74) is 2.49. The minimum Gasteiger partial charge on any atom is -0.356 e. The van der Waals surface area contributed by atoms with Crippen molar-refractivity contribution in [3.63, 3.8) is 0 Å². The molecule has 98 valence electrons. The van der Waals surface area contributed by atoms with E-state index in [1.54, 1.807) is 11.3 Å². The van der Waals surface area contributed by atoms with Gasteiger partial charge in [0.2, 0.25) is 5.95 Å². The fourth-order valence-electron chi connectivity index (χ4n) is 1.92. The lowest BCUT2D eigenvalue weighted by Gasteiger charge is -2.08. The number of aryl methyl sites for hydroxylation is 3. The van der Waals surface area contributed by atoms with Crippen LogP contribution in [0.15, 0.2) is 23.0 Å². The molecule has 2 aromatic heterocycles. The Balaban J connectivity index is 1.93. The molecule has 0 saturated heterocycles. The summed E-state index contributed by atoms with van der Waals surface area (Å²) in [5.74, 6) is 1.01. The van der Waals surface area contributed by atoms with Crippen LogP contribution in [0.3, 0.4) is 0 Å². The maximum Gasteiger partial charge on any atom is 0.203 e. The average Bonchev–Trinajstić information content (AvgIpc) is 2.97. The molecule has 0 aliphatic carbocycles. The smallest absolute Gasteiger partial charge is 0.203 e. The maximum absolute atomic E-state index is 4.54. The quantitative estimate of drug-likeness (QED) is 0.772. The molecule has 2 rings (SSSR count). The highest BCUT2D eigenvalue weighted by Gasteiger charge is 2.05. The van der Waals surface area contributed by atoms with Crippen molar-refractivity contribution in [3.8, 4) is 0 Å². The van der Waals surface area contributed by atoms with Crippen LogP contribution < -0.4 is 5.32 Å². The van der Waals surface area contributed by atoms with Crippen LogP contribution in [0.4, 0.5) is 5.95 Å². The normalized spacial score (nSPS) is 10.8. The minimum atomic E-state index is 0.992. The SMILES string of the molecule is CCCCNc1nc(C)cn1CCc1ccsc1. The lowest BCUT2D eigenvalue weighted by atomic mass is 10.2. The van der Waals surface area contributed by atoms with Crippen LogP contribution in [0.5, 0.6) is 0 Å². The van der Waals surface area contributed by atoms with Crippen LogP contribution >= 0.6 is 11.3 Å². The molecule has 0 amide bonds. The van der Waals surface area contributed by atoms with Gasteiger partial charge >= 0.3 is 0 Å². The molecule has 2 heterocycles. The molecule has 0 atom stereocenters. The first-order valence-electron chi connectivity index (χ1n) is 6.58. The van der Waals surface area contributed by atoms with Gasteiger partial charge < -0.3 is 9.88 Å². The molecule has 0 aromatic carbocycles. The second-order valence-corrected chi connectivity index (χ2v) is 5.34. The zero-order chi connectivity index (χ0) is 12.8. The molecular formula is C14H21N3S. The predicted molar refractivity (Wildman–Crippen MR) is 78.4 cm³/mol. The van der Waals surface area contributed by atoms with Crippen LogP contribution in [0.1, 0.15) is 31.0 Å². The molecule has 0 aliphatic heterocycles. The average molecular weight is 263 g/mol. The summed E-state index contributed by atoms with van der Waals surface area (Å²) in [6.07, 6.45) is 5.60. The van der Waals surface area contributed by atoms with E-state index in [1.807, 2.05) is 6.92 Å². The molecule has 0 fully saturated rings. The van der Waals surface area contributed by atoms with Crippen LogP contribution in [0, 0.1) is 6.92 Å². The topological polar surface area (TPSA) is 29.9 Å². The Labute approximate surface area is 113 Å². The third-order valence-corrected chi connectivity index (χ3v) is 3.66. The van der Waals surface area contributed by atoms with Crippen LogP contribution in [-0.2, 0) is 13.0 Å². The number of anilines is 1. The van der Waals surface area contributed by atoms with Crippen LogP contribution in [-0.4, -0.2) is 16.1 Å². The molecule has 2 aromatic rings. The van der Waals surface area contributed by atoms with E-state index in [1.165, 1.54) is 18.4 Å². The fraction of sp³-hybridized carbons (Fsp3) is 0.500. The monoisotopic (exact) mass is 263 g/mol. The van der Waals surface area contributed by atoms with Crippen molar-refractivity contribution in [2.45, 2.75) is 39.7 Å². The van der Waals surface area contributed by atoms with Gasteiger partial charge in [0.25, 0.3) is 0 Å². The maximum atomic E-state index is 4.54. The second-order valence-electron chi connectivity index (χ2n) is 4.56. The molecule has 0 saturated carbocycles. The molecule has 0 radical (unpaired) electrons.